The molecule has 0 unspecified atom stereocenters. The highest BCUT2D eigenvalue weighted by molar-refractivity contribution is 5.81. The molecule has 2 N–H and O–H groups in total. The van der Waals surface area contributed by atoms with Gasteiger partial charge in [0.1, 0.15) is 5.75 Å². The van der Waals surface area contributed by atoms with Crippen LogP contribution in [0.25, 0.3) is 0 Å². The van der Waals surface area contributed by atoms with Crippen LogP contribution in [0.3, 0.4) is 0 Å². The number of hydrogen-bond acceptors (Lipinski definition) is 3. The predicted molar refractivity (Wildman–Crippen MR) is 66.0 cm³/mol. The highest BCUT2D eigenvalue weighted by atomic mass is 16.3. The lowest BCUT2D eigenvalue weighted by atomic mass is 10.1. The van der Waals surface area contributed by atoms with Crippen LogP contribution in [0.15, 0.2) is 24.3 Å². The van der Waals surface area contributed by atoms with E-state index in [0.29, 0.717) is 32.5 Å². The maximum atomic E-state index is 12.0. The molecule has 1 aromatic rings. The van der Waals surface area contributed by atoms with Crippen molar-refractivity contribution in [2.45, 2.75) is 12.8 Å². The summed E-state index contributed by atoms with van der Waals surface area (Å²) in [4.78, 5) is 24.9. The number of nitrogens with zero attached hydrogens (tertiary/aromatic N) is 1. The molecule has 0 saturated carbocycles. The highest BCUT2D eigenvalue weighted by Crippen LogP contribution is 2.11. The summed E-state index contributed by atoms with van der Waals surface area (Å²) in [5.41, 5.74) is 0.862. The van der Waals surface area contributed by atoms with Gasteiger partial charge in [-0.1, -0.05) is 12.1 Å². The molecule has 0 aromatic heterocycles. The standard InChI is InChI=1S/C13H16N2O3/c16-11-3-1-10(2-4-11)9-13(18)15-7-5-12(17)14-6-8-15/h1-4,16H,5-9H2,(H,14,17). The SMILES string of the molecule is O=C1CCN(C(=O)Cc2ccc(O)cc2)CCN1. The Bertz CT molecular complexity index is 442. The van der Waals surface area contributed by atoms with Crippen LogP contribution in [0.5, 0.6) is 5.75 Å². The summed E-state index contributed by atoms with van der Waals surface area (Å²) in [6, 6.07) is 6.59. The summed E-state index contributed by atoms with van der Waals surface area (Å²) in [7, 11) is 0. The number of aromatic hydroxyl groups is 1. The van der Waals surface area contributed by atoms with Crippen LogP contribution in [0.4, 0.5) is 0 Å². The first-order valence-corrected chi connectivity index (χ1v) is 5.97. The number of hydrogen-bond donors (Lipinski definition) is 2. The lowest BCUT2D eigenvalue weighted by Gasteiger charge is -2.19. The first-order chi connectivity index (χ1) is 8.65. The van der Waals surface area contributed by atoms with Crippen LogP contribution in [0, 0.1) is 0 Å². The molecule has 2 amide bonds. The molecule has 1 heterocycles. The monoisotopic (exact) mass is 248 g/mol. The summed E-state index contributed by atoms with van der Waals surface area (Å²) < 4.78 is 0. The summed E-state index contributed by atoms with van der Waals surface area (Å²) in [6.07, 6.45) is 0.662. The molecule has 96 valence electrons. The van der Waals surface area contributed by atoms with E-state index in [4.69, 9.17) is 5.11 Å². The van der Waals surface area contributed by atoms with Crippen LogP contribution < -0.4 is 5.32 Å². The van der Waals surface area contributed by atoms with Gasteiger partial charge >= 0.3 is 0 Å². The fourth-order valence-corrected chi connectivity index (χ4v) is 1.92. The number of benzene rings is 1. The highest BCUT2D eigenvalue weighted by Gasteiger charge is 2.18. The van der Waals surface area contributed by atoms with Crippen molar-refractivity contribution >= 4 is 11.8 Å². The number of rotatable bonds is 2. The molecule has 5 heteroatoms. The van der Waals surface area contributed by atoms with Gasteiger partial charge in [-0.15, -0.1) is 0 Å². The Morgan fingerprint density at radius 3 is 2.72 bits per heavy atom. The fourth-order valence-electron chi connectivity index (χ4n) is 1.92. The predicted octanol–water partition coefficient (Wildman–Crippen LogP) is 0.283. The fraction of sp³-hybridized carbons (Fsp3) is 0.385. The molecule has 18 heavy (non-hydrogen) atoms. The Kier molecular flexibility index (Phi) is 3.82. The summed E-state index contributed by atoms with van der Waals surface area (Å²) in [5, 5.41) is 11.9. The maximum absolute atomic E-state index is 12.0. The van der Waals surface area contributed by atoms with Crippen LogP contribution in [0.2, 0.25) is 0 Å². The van der Waals surface area contributed by atoms with Gasteiger partial charge < -0.3 is 15.3 Å². The maximum Gasteiger partial charge on any atom is 0.227 e. The van der Waals surface area contributed by atoms with Crippen molar-refractivity contribution in [3.63, 3.8) is 0 Å². The van der Waals surface area contributed by atoms with Crippen LogP contribution in [-0.4, -0.2) is 41.5 Å². The molecule has 1 aliphatic heterocycles. The topological polar surface area (TPSA) is 69.6 Å². The summed E-state index contributed by atoms with van der Waals surface area (Å²) in [6.45, 7) is 1.55. The number of phenols is 1. The van der Waals surface area contributed by atoms with Gasteiger partial charge in [0.25, 0.3) is 0 Å². The third-order valence-electron chi connectivity index (χ3n) is 2.96. The molecule has 0 spiro atoms. The molecule has 1 aliphatic rings. The molecule has 1 fully saturated rings. The van der Waals surface area contributed by atoms with Gasteiger partial charge in [-0.3, -0.25) is 9.59 Å². The lowest BCUT2D eigenvalue weighted by molar-refractivity contribution is -0.130. The van der Waals surface area contributed by atoms with Crippen LogP contribution >= 0.6 is 0 Å². The largest absolute Gasteiger partial charge is 0.508 e. The Hall–Kier alpha value is -2.04. The van der Waals surface area contributed by atoms with E-state index >= 15 is 0 Å². The first-order valence-electron chi connectivity index (χ1n) is 5.97. The molecule has 0 aliphatic carbocycles. The normalized spacial score (nSPS) is 16.0. The van der Waals surface area contributed by atoms with E-state index in [9.17, 15) is 9.59 Å². The second-order valence-electron chi connectivity index (χ2n) is 4.32. The molecule has 1 aromatic carbocycles. The van der Waals surface area contributed by atoms with E-state index in [2.05, 4.69) is 5.32 Å². The Balaban J connectivity index is 1.94. The summed E-state index contributed by atoms with van der Waals surface area (Å²) in [5.74, 6) is 0.197. The first kappa shape index (κ1) is 12.4. The third kappa shape index (κ3) is 3.23. The molecule has 1 saturated heterocycles. The Morgan fingerprint density at radius 2 is 2.00 bits per heavy atom. The van der Waals surface area contributed by atoms with Gasteiger partial charge in [0, 0.05) is 26.1 Å². The van der Waals surface area contributed by atoms with E-state index in [1.54, 1.807) is 29.2 Å². The number of nitrogens with one attached hydrogen (secondary N) is 1. The zero-order valence-electron chi connectivity index (χ0n) is 10.1. The quantitative estimate of drug-likeness (QED) is 0.790. The summed E-state index contributed by atoms with van der Waals surface area (Å²) >= 11 is 0. The molecular weight excluding hydrogens is 232 g/mol. The van der Waals surface area contributed by atoms with Gasteiger partial charge in [0.2, 0.25) is 11.8 Å². The van der Waals surface area contributed by atoms with Gasteiger partial charge in [-0.05, 0) is 17.7 Å². The second-order valence-corrected chi connectivity index (χ2v) is 4.32. The van der Waals surface area contributed by atoms with E-state index in [1.807, 2.05) is 0 Å². The molecule has 0 radical (unpaired) electrons. The number of phenolic OH excluding ortho intramolecular Hbond substituents is 1. The molecule has 2 rings (SSSR count). The van der Waals surface area contributed by atoms with E-state index in [0.717, 1.165) is 5.56 Å². The molecule has 5 nitrogen and oxygen atoms in total. The van der Waals surface area contributed by atoms with Crippen LogP contribution in [-0.2, 0) is 16.0 Å². The molecular formula is C13H16N2O3. The minimum absolute atomic E-state index is 0.00469. The average Bonchev–Trinajstić information content (AvgIpc) is 2.57. The molecule has 0 atom stereocenters. The Labute approximate surface area is 105 Å². The average molecular weight is 248 g/mol. The van der Waals surface area contributed by atoms with Crippen molar-refractivity contribution in [2.24, 2.45) is 0 Å². The minimum Gasteiger partial charge on any atom is -0.508 e. The van der Waals surface area contributed by atoms with Crippen molar-refractivity contribution in [1.82, 2.24) is 10.2 Å². The third-order valence-corrected chi connectivity index (χ3v) is 2.96. The van der Waals surface area contributed by atoms with Crippen molar-refractivity contribution in [3.05, 3.63) is 29.8 Å². The van der Waals surface area contributed by atoms with Gasteiger partial charge in [-0.25, -0.2) is 0 Å². The second kappa shape index (κ2) is 5.53. The van der Waals surface area contributed by atoms with Crippen LogP contribution in [0.1, 0.15) is 12.0 Å². The van der Waals surface area contributed by atoms with Crippen molar-refractivity contribution in [3.8, 4) is 5.75 Å². The number of carbonyl (C=O) groups is 2. The Morgan fingerprint density at radius 1 is 1.28 bits per heavy atom. The van der Waals surface area contributed by atoms with E-state index < -0.39 is 0 Å². The van der Waals surface area contributed by atoms with Gasteiger partial charge in [-0.2, -0.15) is 0 Å². The number of amides is 2. The van der Waals surface area contributed by atoms with Crippen molar-refractivity contribution in [2.75, 3.05) is 19.6 Å². The zero-order valence-corrected chi connectivity index (χ0v) is 10.1. The molecule has 0 bridgehead atoms. The zero-order chi connectivity index (χ0) is 13.0. The lowest BCUT2D eigenvalue weighted by Crippen LogP contribution is -2.35. The van der Waals surface area contributed by atoms with Crippen molar-refractivity contribution in [1.29, 1.82) is 0 Å². The number of carbonyl (C=O) groups excluding carboxylic acids is 2. The van der Waals surface area contributed by atoms with Crippen molar-refractivity contribution < 1.29 is 14.7 Å². The smallest absolute Gasteiger partial charge is 0.227 e. The van der Waals surface area contributed by atoms with Gasteiger partial charge in [0.05, 0.1) is 6.42 Å². The van der Waals surface area contributed by atoms with E-state index in [1.165, 1.54) is 0 Å². The van der Waals surface area contributed by atoms with E-state index in [-0.39, 0.29) is 17.6 Å². The van der Waals surface area contributed by atoms with Gasteiger partial charge in [0.15, 0.2) is 0 Å². The minimum atomic E-state index is -0.00469.